The summed E-state index contributed by atoms with van der Waals surface area (Å²) in [4.78, 5) is 0.197. The molecule has 1 saturated heterocycles. The maximum atomic E-state index is 12.0. The Bertz CT molecular complexity index is 507. The Hall–Kier alpha value is -0.910. The van der Waals surface area contributed by atoms with Gasteiger partial charge in [0.05, 0.1) is 23.7 Å². The normalized spacial score (nSPS) is 23.7. The highest BCUT2D eigenvalue weighted by atomic mass is 32.2. The van der Waals surface area contributed by atoms with Crippen molar-refractivity contribution >= 4 is 10.1 Å². The molecule has 1 aliphatic rings. The number of hydrogen-bond donors (Lipinski definition) is 0. The molecule has 0 spiro atoms. The Morgan fingerprint density at radius 2 is 1.84 bits per heavy atom. The maximum Gasteiger partial charge on any atom is 0.297 e. The Kier molecular flexibility index (Phi) is 4.60. The van der Waals surface area contributed by atoms with E-state index < -0.39 is 10.1 Å². The first-order valence-corrected chi connectivity index (χ1v) is 8.03. The van der Waals surface area contributed by atoms with Crippen LogP contribution < -0.4 is 0 Å². The van der Waals surface area contributed by atoms with Gasteiger partial charge in [0, 0.05) is 0 Å². The van der Waals surface area contributed by atoms with Gasteiger partial charge in [-0.25, -0.2) is 0 Å². The van der Waals surface area contributed by atoms with Crippen molar-refractivity contribution in [3.63, 3.8) is 0 Å². The fourth-order valence-electron chi connectivity index (χ4n) is 2.14. The summed E-state index contributed by atoms with van der Waals surface area (Å²) in [7, 11) is -3.67. The summed E-state index contributed by atoms with van der Waals surface area (Å²) in [6, 6.07) is 6.65. The first kappa shape index (κ1) is 14.5. The zero-order chi connectivity index (χ0) is 13.9. The summed E-state index contributed by atoms with van der Waals surface area (Å²) in [6.45, 7) is 4.08. The van der Waals surface area contributed by atoms with Crippen LogP contribution in [0.25, 0.3) is 0 Å². The summed E-state index contributed by atoms with van der Waals surface area (Å²) in [6.07, 6.45) is 2.94. The Morgan fingerprint density at radius 3 is 2.42 bits per heavy atom. The highest BCUT2D eigenvalue weighted by molar-refractivity contribution is 7.86. The van der Waals surface area contributed by atoms with Gasteiger partial charge >= 0.3 is 0 Å². The van der Waals surface area contributed by atoms with Crippen LogP contribution in [-0.2, 0) is 19.0 Å². The van der Waals surface area contributed by atoms with Crippen molar-refractivity contribution in [3.05, 3.63) is 29.8 Å². The molecule has 0 N–H and O–H groups in total. The molecule has 5 heteroatoms. The second-order valence-corrected chi connectivity index (χ2v) is 6.53. The van der Waals surface area contributed by atoms with Crippen LogP contribution in [0.3, 0.4) is 0 Å². The van der Waals surface area contributed by atoms with Crippen molar-refractivity contribution in [2.24, 2.45) is 0 Å². The third kappa shape index (κ3) is 3.78. The molecule has 0 aliphatic carbocycles. The Labute approximate surface area is 114 Å². The largest absolute Gasteiger partial charge is 0.373 e. The molecule has 0 amide bonds. The molecule has 2 rings (SSSR count). The molecule has 1 heterocycles. The lowest BCUT2D eigenvalue weighted by Gasteiger charge is -2.12. The van der Waals surface area contributed by atoms with Gasteiger partial charge in [0.2, 0.25) is 0 Å². The second kappa shape index (κ2) is 6.03. The van der Waals surface area contributed by atoms with Crippen LogP contribution in [0.15, 0.2) is 29.2 Å². The second-order valence-electron chi connectivity index (χ2n) is 4.92. The van der Waals surface area contributed by atoms with Crippen molar-refractivity contribution in [1.29, 1.82) is 0 Å². The monoisotopic (exact) mass is 284 g/mol. The number of aryl methyl sites for hydroxylation is 1. The van der Waals surface area contributed by atoms with E-state index in [9.17, 15) is 8.42 Å². The molecule has 1 fully saturated rings. The predicted molar refractivity (Wildman–Crippen MR) is 72.5 cm³/mol. The lowest BCUT2D eigenvalue weighted by Crippen LogP contribution is -2.19. The van der Waals surface area contributed by atoms with Crippen LogP contribution in [0.5, 0.6) is 0 Å². The van der Waals surface area contributed by atoms with E-state index in [2.05, 4.69) is 6.92 Å². The molecule has 0 saturated carbocycles. The predicted octanol–water partition coefficient (Wildman–Crippen LogP) is 2.66. The van der Waals surface area contributed by atoms with E-state index >= 15 is 0 Å². The summed E-state index contributed by atoms with van der Waals surface area (Å²) >= 11 is 0. The van der Waals surface area contributed by atoms with Crippen molar-refractivity contribution in [3.8, 4) is 0 Å². The molecule has 0 unspecified atom stereocenters. The van der Waals surface area contributed by atoms with E-state index in [1.165, 1.54) is 0 Å². The van der Waals surface area contributed by atoms with Gasteiger partial charge in [-0.1, -0.05) is 24.6 Å². The first-order valence-electron chi connectivity index (χ1n) is 6.63. The minimum Gasteiger partial charge on any atom is -0.373 e. The van der Waals surface area contributed by atoms with Crippen LogP contribution in [0.2, 0.25) is 0 Å². The van der Waals surface area contributed by atoms with E-state index in [0.29, 0.717) is 0 Å². The average molecular weight is 284 g/mol. The molecule has 0 radical (unpaired) electrons. The van der Waals surface area contributed by atoms with E-state index in [0.717, 1.165) is 24.8 Å². The lowest BCUT2D eigenvalue weighted by atomic mass is 10.2. The number of ether oxygens (including phenoxy) is 1. The SMILES string of the molecule is CC[C@@H]1CC[C@@H](COS(=O)(=O)c2ccc(C)cc2)O1. The van der Waals surface area contributed by atoms with Crippen molar-refractivity contribution in [2.45, 2.75) is 50.2 Å². The molecule has 1 aromatic carbocycles. The fourth-order valence-corrected chi connectivity index (χ4v) is 3.08. The summed E-state index contributed by atoms with van der Waals surface area (Å²) < 4.78 is 34.7. The van der Waals surface area contributed by atoms with Gasteiger partial charge < -0.3 is 4.74 Å². The van der Waals surface area contributed by atoms with Gasteiger partial charge in [-0.05, 0) is 38.3 Å². The Balaban J connectivity index is 1.93. The molecule has 19 heavy (non-hydrogen) atoms. The maximum absolute atomic E-state index is 12.0. The van der Waals surface area contributed by atoms with Crippen molar-refractivity contribution < 1.29 is 17.3 Å². The van der Waals surface area contributed by atoms with Crippen LogP contribution in [0.4, 0.5) is 0 Å². The highest BCUT2D eigenvalue weighted by Gasteiger charge is 2.26. The van der Waals surface area contributed by atoms with E-state index in [1.54, 1.807) is 24.3 Å². The van der Waals surface area contributed by atoms with Gasteiger partial charge in [-0.3, -0.25) is 4.18 Å². The molecule has 2 atom stereocenters. The molecule has 1 aliphatic heterocycles. The van der Waals surface area contributed by atoms with Crippen LogP contribution in [-0.4, -0.2) is 27.2 Å². The van der Waals surface area contributed by atoms with E-state index in [1.807, 2.05) is 6.92 Å². The minimum absolute atomic E-state index is 0.104. The fraction of sp³-hybridized carbons (Fsp3) is 0.571. The molecular formula is C14H20O4S. The van der Waals surface area contributed by atoms with Crippen molar-refractivity contribution in [2.75, 3.05) is 6.61 Å². The number of hydrogen-bond acceptors (Lipinski definition) is 4. The van der Waals surface area contributed by atoms with E-state index in [-0.39, 0.29) is 23.7 Å². The number of rotatable bonds is 5. The first-order chi connectivity index (χ1) is 9.01. The Morgan fingerprint density at radius 1 is 1.21 bits per heavy atom. The van der Waals surface area contributed by atoms with E-state index in [4.69, 9.17) is 8.92 Å². The van der Waals surface area contributed by atoms with Gasteiger partial charge in [-0.15, -0.1) is 0 Å². The smallest absolute Gasteiger partial charge is 0.297 e. The van der Waals surface area contributed by atoms with Gasteiger partial charge in [0.15, 0.2) is 0 Å². The number of benzene rings is 1. The molecular weight excluding hydrogens is 264 g/mol. The van der Waals surface area contributed by atoms with Crippen molar-refractivity contribution in [1.82, 2.24) is 0 Å². The zero-order valence-electron chi connectivity index (χ0n) is 11.3. The summed E-state index contributed by atoms with van der Waals surface area (Å²) in [5.41, 5.74) is 1.02. The lowest BCUT2D eigenvalue weighted by molar-refractivity contribution is 0.0180. The van der Waals surface area contributed by atoms with Gasteiger partial charge in [0.1, 0.15) is 0 Å². The van der Waals surface area contributed by atoms with Gasteiger partial charge in [-0.2, -0.15) is 8.42 Å². The van der Waals surface area contributed by atoms with Crippen LogP contribution in [0.1, 0.15) is 31.7 Å². The summed E-state index contributed by atoms with van der Waals surface area (Å²) in [5, 5.41) is 0. The average Bonchev–Trinajstić information content (AvgIpc) is 2.85. The van der Waals surface area contributed by atoms with Gasteiger partial charge in [0.25, 0.3) is 10.1 Å². The quantitative estimate of drug-likeness (QED) is 0.780. The van der Waals surface area contributed by atoms with Crippen LogP contribution >= 0.6 is 0 Å². The molecule has 106 valence electrons. The minimum atomic E-state index is -3.67. The molecule has 4 nitrogen and oxygen atoms in total. The topological polar surface area (TPSA) is 52.6 Å². The molecule has 1 aromatic rings. The molecule has 0 aromatic heterocycles. The third-order valence-corrected chi connectivity index (χ3v) is 4.67. The standard InChI is InChI=1S/C14H20O4S/c1-3-12-6-7-13(18-12)10-17-19(15,16)14-8-4-11(2)5-9-14/h4-5,8-9,12-13H,3,6-7,10H2,1-2H3/t12-,13+/m1/s1. The highest BCUT2D eigenvalue weighted by Crippen LogP contribution is 2.23. The summed E-state index contributed by atoms with van der Waals surface area (Å²) in [5.74, 6) is 0. The third-order valence-electron chi connectivity index (χ3n) is 3.37. The zero-order valence-corrected chi connectivity index (χ0v) is 12.2. The van der Waals surface area contributed by atoms with Crippen LogP contribution in [0, 0.1) is 6.92 Å². The molecule has 0 bridgehead atoms.